The van der Waals surface area contributed by atoms with Crippen LogP contribution in [0.5, 0.6) is 0 Å². The zero-order valence-corrected chi connectivity index (χ0v) is 24.5. The standard InChI is InChI=1S/C43H27N3/c1-4-12-28(13-5-1)30-22-24-33(25-23-30)42-44-41(32-16-8-3-9-17-32)45-43(46-42)38-27-34(29-14-6-2-7-15-29)26-37-35-20-10-18-31-19-11-21-36(39(31)35)40(37)38/h1-27H/i2D,6D,7D,14D,15D. The van der Waals surface area contributed by atoms with Crippen LogP contribution in [0.3, 0.4) is 0 Å². The second kappa shape index (κ2) is 10.8. The summed E-state index contributed by atoms with van der Waals surface area (Å²) in [6, 6.07) is 42.5. The van der Waals surface area contributed by atoms with Crippen LogP contribution in [-0.4, -0.2) is 15.0 Å². The first kappa shape index (κ1) is 21.5. The van der Waals surface area contributed by atoms with Crippen LogP contribution in [0.1, 0.15) is 6.85 Å². The number of rotatable bonds is 5. The van der Waals surface area contributed by atoms with Crippen LogP contribution in [0.15, 0.2) is 164 Å². The van der Waals surface area contributed by atoms with Crippen LogP contribution in [0, 0.1) is 0 Å². The van der Waals surface area contributed by atoms with E-state index in [0.717, 1.165) is 55.3 Å². The van der Waals surface area contributed by atoms with Gasteiger partial charge < -0.3 is 0 Å². The Morgan fingerprint density at radius 2 is 0.913 bits per heavy atom. The lowest BCUT2D eigenvalue weighted by molar-refractivity contribution is 1.07. The fourth-order valence-corrected chi connectivity index (χ4v) is 6.42. The molecule has 214 valence electrons. The average Bonchev–Trinajstić information content (AvgIpc) is 3.51. The van der Waals surface area contributed by atoms with E-state index in [1.54, 1.807) is 0 Å². The molecule has 3 nitrogen and oxygen atoms in total. The molecular formula is C43H27N3. The summed E-state index contributed by atoms with van der Waals surface area (Å²) in [7, 11) is 0. The van der Waals surface area contributed by atoms with Crippen LogP contribution in [0.4, 0.5) is 0 Å². The lowest BCUT2D eigenvalue weighted by Crippen LogP contribution is -2.01. The van der Waals surface area contributed by atoms with E-state index in [1.807, 2.05) is 84.9 Å². The van der Waals surface area contributed by atoms with Crippen molar-refractivity contribution in [1.29, 1.82) is 0 Å². The molecule has 0 atom stereocenters. The highest BCUT2D eigenvalue weighted by atomic mass is 15.0. The fraction of sp³-hybridized carbons (Fsp3) is 0. The van der Waals surface area contributed by atoms with E-state index in [1.165, 1.54) is 0 Å². The van der Waals surface area contributed by atoms with Gasteiger partial charge in [0.15, 0.2) is 17.5 Å². The minimum atomic E-state index is -0.430. The van der Waals surface area contributed by atoms with Gasteiger partial charge in [0.2, 0.25) is 0 Å². The molecule has 46 heavy (non-hydrogen) atoms. The zero-order valence-electron chi connectivity index (χ0n) is 29.5. The normalized spacial score (nSPS) is 13.0. The third kappa shape index (κ3) is 4.41. The molecule has 0 bridgehead atoms. The first-order chi connectivity index (χ1) is 24.9. The monoisotopic (exact) mass is 590 g/mol. The van der Waals surface area contributed by atoms with Gasteiger partial charge in [-0.05, 0) is 61.8 Å². The third-order valence-corrected chi connectivity index (χ3v) is 8.55. The molecule has 0 unspecified atom stereocenters. The smallest absolute Gasteiger partial charge is 0.164 e. The van der Waals surface area contributed by atoms with Gasteiger partial charge in [-0.3, -0.25) is 0 Å². The molecule has 0 N–H and O–H groups in total. The van der Waals surface area contributed by atoms with Crippen molar-refractivity contribution in [2.75, 3.05) is 0 Å². The molecule has 7 aromatic carbocycles. The van der Waals surface area contributed by atoms with Crippen LogP contribution >= 0.6 is 0 Å². The molecule has 3 heteroatoms. The molecule has 8 aromatic rings. The first-order valence-corrected chi connectivity index (χ1v) is 15.1. The van der Waals surface area contributed by atoms with E-state index >= 15 is 0 Å². The average molecular weight is 591 g/mol. The van der Waals surface area contributed by atoms with E-state index in [2.05, 4.69) is 48.5 Å². The molecule has 0 saturated carbocycles. The largest absolute Gasteiger partial charge is 0.208 e. The lowest BCUT2D eigenvalue weighted by Gasteiger charge is -2.15. The highest BCUT2D eigenvalue weighted by Crippen LogP contribution is 2.52. The summed E-state index contributed by atoms with van der Waals surface area (Å²) in [5.41, 5.74) is 8.96. The number of hydrogen-bond acceptors (Lipinski definition) is 3. The van der Waals surface area contributed by atoms with Gasteiger partial charge in [-0.1, -0.05) is 152 Å². The third-order valence-electron chi connectivity index (χ3n) is 8.55. The Kier molecular flexibility index (Phi) is 5.03. The van der Waals surface area contributed by atoms with E-state index < -0.39 is 6.04 Å². The van der Waals surface area contributed by atoms with Crippen molar-refractivity contribution in [3.05, 3.63) is 164 Å². The summed E-state index contributed by atoms with van der Waals surface area (Å²) < 4.78 is 42.8. The molecule has 0 amide bonds. The minimum absolute atomic E-state index is 0.127. The summed E-state index contributed by atoms with van der Waals surface area (Å²) in [6.07, 6.45) is 0. The Morgan fingerprint density at radius 3 is 1.61 bits per heavy atom. The van der Waals surface area contributed by atoms with Crippen molar-refractivity contribution in [3.8, 4) is 78.7 Å². The SMILES string of the molecule is [2H]c1c([2H])c([2H])c(-c2cc(-c3nc(-c4ccccc4)nc(-c4ccc(-c5ccccc5)cc4)n3)c3c(c2)-c2cccc4cccc-3c24)c([2H])c1[2H]. The van der Waals surface area contributed by atoms with Gasteiger partial charge in [0, 0.05) is 22.3 Å². The molecular weight excluding hydrogens is 558 g/mol. The van der Waals surface area contributed by atoms with Crippen molar-refractivity contribution in [2.45, 2.75) is 0 Å². The summed E-state index contributed by atoms with van der Waals surface area (Å²) in [4.78, 5) is 15.2. The van der Waals surface area contributed by atoms with Gasteiger partial charge in [-0.2, -0.15) is 0 Å². The Hall–Kier alpha value is -6.19. The predicted octanol–water partition coefficient (Wildman–Crippen LogP) is 11.0. The summed E-state index contributed by atoms with van der Waals surface area (Å²) in [5.74, 6) is 1.41. The van der Waals surface area contributed by atoms with Gasteiger partial charge >= 0.3 is 0 Å². The second-order valence-electron chi connectivity index (χ2n) is 11.3. The fourth-order valence-electron chi connectivity index (χ4n) is 6.42. The van der Waals surface area contributed by atoms with Gasteiger partial charge in [0.1, 0.15) is 0 Å². The topological polar surface area (TPSA) is 38.7 Å². The summed E-state index contributed by atoms with van der Waals surface area (Å²) in [5, 5.41) is 2.17. The van der Waals surface area contributed by atoms with Crippen LogP contribution in [0.25, 0.3) is 89.4 Å². The summed E-state index contributed by atoms with van der Waals surface area (Å²) in [6.45, 7) is 0. The Bertz CT molecular complexity index is 2640. The highest BCUT2D eigenvalue weighted by Gasteiger charge is 2.27. The van der Waals surface area contributed by atoms with Crippen molar-refractivity contribution >= 4 is 10.8 Å². The van der Waals surface area contributed by atoms with Crippen LogP contribution in [-0.2, 0) is 0 Å². The molecule has 1 heterocycles. The van der Waals surface area contributed by atoms with E-state index in [-0.39, 0.29) is 29.7 Å². The van der Waals surface area contributed by atoms with Gasteiger partial charge in [0.05, 0.1) is 6.85 Å². The van der Waals surface area contributed by atoms with Crippen molar-refractivity contribution in [1.82, 2.24) is 15.0 Å². The minimum Gasteiger partial charge on any atom is -0.208 e. The van der Waals surface area contributed by atoms with Crippen LogP contribution in [0.2, 0.25) is 0 Å². The molecule has 0 fully saturated rings. The maximum Gasteiger partial charge on any atom is 0.164 e. The van der Waals surface area contributed by atoms with Gasteiger partial charge in [0.25, 0.3) is 0 Å². The molecule has 1 aromatic heterocycles. The number of nitrogens with zero attached hydrogens (tertiary/aromatic N) is 3. The number of aromatic nitrogens is 3. The molecule has 9 rings (SSSR count). The van der Waals surface area contributed by atoms with E-state index in [4.69, 9.17) is 21.8 Å². The second-order valence-corrected chi connectivity index (χ2v) is 11.3. The van der Waals surface area contributed by atoms with Gasteiger partial charge in [-0.25, -0.2) is 15.0 Å². The number of benzene rings is 7. The summed E-state index contributed by atoms with van der Waals surface area (Å²) >= 11 is 0. The maximum atomic E-state index is 8.85. The van der Waals surface area contributed by atoms with Crippen molar-refractivity contribution in [2.24, 2.45) is 0 Å². The molecule has 0 spiro atoms. The molecule has 0 aliphatic heterocycles. The predicted molar refractivity (Wildman–Crippen MR) is 189 cm³/mol. The Labute approximate surface area is 274 Å². The quantitative estimate of drug-likeness (QED) is 0.200. The van der Waals surface area contributed by atoms with Gasteiger partial charge in [-0.15, -0.1) is 0 Å². The van der Waals surface area contributed by atoms with E-state index in [0.29, 0.717) is 28.6 Å². The number of hydrogen-bond donors (Lipinski definition) is 0. The van der Waals surface area contributed by atoms with Crippen molar-refractivity contribution in [3.63, 3.8) is 0 Å². The van der Waals surface area contributed by atoms with E-state index in [9.17, 15) is 0 Å². The number of fused-ring (bicyclic) bond motifs is 3. The first-order valence-electron chi connectivity index (χ1n) is 17.6. The molecule has 1 aliphatic rings. The molecule has 1 aliphatic carbocycles. The highest BCUT2D eigenvalue weighted by molar-refractivity contribution is 6.18. The Balaban J connectivity index is 1.33. The Morgan fingerprint density at radius 1 is 0.370 bits per heavy atom. The molecule has 0 saturated heterocycles. The van der Waals surface area contributed by atoms with Crippen LogP contribution < -0.4 is 0 Å². The zero-order chi connectivity index (χ0) is 34.8. The molecule has 0 radical (unpaired) electrons. The lowest BCUT2D eigenvalue weighted by atomic mass is 9.92. The maximum absolute atomic E-state index is 8.85. The van der Waals surface area contributed by atoms with Crippen molar-refractivity contribution < 1.29 is 6.85 Å².